The van der Waals surface area contributed by atoms with E-state index in [4.69, 9.17) is 14.5 Å². The minimum atomic E-state index is -0.388. The van der Waals surface area contributed by atoms with Crippen LogP contribution in [0.4, 0.5) is 0 Å². The van der Waals surface area contributed by atoms with Crippen LogP contribution in [0.3, 0.4) is 0 Å². The molecule has 37 heavy (non-hydrogen) atoms. The van der Waals surface area contributed by atoms with Crippen molar-refractivity contribution in [2.24, 2.45) is 0 Å². The highest BCUT2D eigenvalue weighted by atomic mass is 16.5. The summed E-state index contributed by atoms with van der Waals surface area (Å²) in [5.74, 6) is 0.379. The lowest BCUT2D eigenvalue weighted by Crippen LogP contribution is -2.27. The van der Waals surface area contributed by atoms with E-state index in [0.717, 1.165) is 78.5 Å². The van der Waals surface area contributed by atoms with Crippen LogP contribution < -0.4 is 5.56 Å². The van der Waals surface area contributed by atoms with Crippen LogP contribution in [-0.4, -0.2) is 44.3 Å². The molecule has 2 aliphatic rings. The highest BCUT2D eigenvalue weighted by Gasteiger charge is 2.28. The Kier molecular flexibility index (Phi) is 5.32. The number of hydrogen-bond donors (Lipinski definition) is 0. The number of carbonyl (C=O) groups excluding carboxylic acids is 1. The van der Waals surface area contributed by atoms with Crippen molar-refractivity contribution in [3.05, 3.63) is 58.4 Å². The number of esters is 1. The molecule has 1 aliphatic carbocycles. The van der Waals surface area contributed by atoms with Crippen molar-refractivity contribution in [1.29, 1.82) is 0 Å². The number of pyridine rings is 1. The molecule has 1 aliphatic heterocycles. The van der Waals surface area contributed by atoms with Crippen LogP contribution >= 0.6 is 0 Å². The van der Waals surface area contributed by atoms with Crippen molar-refractivity contribution in [3.63, 3.8) is 0 Å². The Bertz CT molecular complexity index is 1730. The third-order valence-corrected chi connectivity index (χ3v) is 8.21. The van der Waals surface area contributed by atoms with E-state index in [1.807, 2.05) is 41.0 Å². The van der Waals surface area contributed by atoms with E-state index in [1.54, 1.807) is 6.07 Å². The summed E-state index contributed by atoms with van der Waals surface area (Å²) in [5, 5.41) is 1.56. The number of imidazole rings is 2. The summed E-state index contributed by atoms with van der Waals surface area (Å²) in [5.41, 5.74) is 3.94. The van der Waals surface area contributed by atoms with E-state index < -0.39 is 0 Å². The Morgan fingerprint density at radius 3 is 2.59 bits per heavy atom. The quantitative estimate of drug-likeness (QED) is 0.317. The molecule has 190 valence electrons. The smallest absolute Gasteiger partial charge is 0.337 e. The highest BCUT2D eigenvalue weighted by Crippen LogP contribution is 2.35. The summed E-state index contributed by atoms with van der Waals surface area (Å²) in [4.78, 5) is 31.8. The minimum absolute atomic E-state index is 0.0287. The Morgan fingerprint density at radius 2 is 1.84 bits per heavy atom. The second-order valence-electron chi connectivity index (χ2n) is 10.4. The standard InChI is InChI=1S/C29H30N4O4/c1-36-28(35)18-13-14-23-24(16-18)33-26-25(30-29(33)31(23)17-20-10-7-15-37-20)21-11-5-6-12-22(21)27(34)32(26)19-8-3-2-4-9-19/h5-6,11-14,16,19-20H,2-4,7-10,15,17H2,1H3. The molecule has 1 saturated heterocycles. The first-order valence-electron chi connectivity index (χ1n) is 13.3. The molecule has 0 bridgehead atoms. The summed E-state index contributed by atoms with van der Waals surface area (Å²) < 4.78 is 17.3. The number of hydrogen-bond acceptors (Lipinski definition) is 5. The van der Waals surface area contributed by atoms with Gasteiger partial charge in [0.2, 0.25) is 5.78 Å². The first-order chi connectivity index (χ1) is 18.2. The van der Waals surface area contributed by atoms with Crippen LogP contribution in [0.15, 0.2) is 47.3 Å². The molecule has 5 aromatic rings. The fraction of sp³-hybridized carbons (Fsp3) is 0.414. The molecule has 0 radical (unpaired) electrons. The van der Waals surface area contributed by atoms with Gasteiger partial charge in [0.05, 0.1) is 36.4 Å². The Hall–Kier alpha value is -3.65. The molecular weight excluding hydrogens is 468 g/mol. The van der Waals surface area contributed by atoms with Crippen molar-refractivity contribution in [2.75, 3.05) is 13.7 Å². The minimum Gasteiger partial charge on any atom is -0.465 e. The van der Waals surface area contributed by atoms with Gasteiger partial charge in [-0.2, -0.15) is 0 Å². The van der Waals surface area contributed by atoms with Gasteiger partial charge in [0.25, 0.3) is 5.56 Å². The summed E-state index contributed by atoms with van der Waals surface area (Å²) in [6, 6.07) is 13.5. The third kappa shape index (κ3) is 3.42. The van der Waals surface area contributed by atoms with Gasteiger partial charge >= 0.3 is 5.97 Å². The zero-order valence-corrected chi connectivity index (χ0v) is 21.0. The van der Waals surface area contributed by atoms with Crippen molar-refractivity contribution in [2.45, 2.75) is 63.6 Å². The maximum Gasteiger partial charge on any atom is 0.337 e. The number of carbonyl (C=O) groups is 1. The Morgan fingerprint density at radius 1 is 1.03 bits per heavy atom. The summed E-state index contributed by atoms with van der Waals surface area (Å²) >= 11 is 0. The van der Waals surface area contributed by atoms with Gasteiger partial charge in [-0.3, -0.25) is 13.8 Å². The van der Waals surface area contributed by atoms with E-state index in [9.17, 15) is 9.59 Å². The second kappa shape index (κ2) is 8.73. The SMILES string of the molecule is COC(=O)c1ccc2c(c1)n1c3c(nc1n2CC1CCCO1)c1ccccc1c(=O)n3C1CCCCC1. The molecule has 2 fully saturated rings. The molecule has 0 spiro atoms. The van der Waals surface area contributed by atoms with E-state index in [2.05, 4.69) is 8.97 Å². The highest BCUT2D eigenvalue weighted by molar-refractivity contribution is 6.05. The lowest BCUT2D eigenvalue weighted by Gasteiger charge is -2.25. The largest absolute Gasteiger partial charge is 0.465 e. The maximum absolute atomic E-state index is 14.0. The number of methoxy groups -OCH3 is 1. The molecule has 0 N–H and O–H groups in total. The first-order valence-corrected chi connectivity index (χ1v) is 13.3. The zero-order valence-electron chi connectivity index (χ0n) is 21.0. The zero-order chi connectivity index (χ0) is 25.1. The number of ether oxygens (including phenoxy) is 2. The third-order valence-electron chi connectivity index (χ3n) is 8.21. The lowest BCUT2D eigenvalue weighted by molar-refractivity contribution is 0.0601. The number of rotatable bonds is 4. The normalized spacial score (nSPS) is 19.0. The average molecular weight is 499 g/mol. The number of fused-ring (bicyclic) bond motifs is 7. The fourth-order valence-electron chi connectivity index (χ4n) is 6.44. The van der Waals surface area contributed by atoms with Gasteiger partial charge in [-0.25, -0.2) is 9.78 Å². The van der Waals surface area contributed by atoms with E-state index >= 15 is 0 Å². The van der Waals surface area contributed by atoms with Gasteiger partial charge in [0.15, 0.2) is 5.65 Å². The van der Waals surface area contributed by atoms with Crippen LogP contribution in [0.5, 0.6) is 0 Å². The van der Waals surface area contributed by atoms with Gasteiger partial charge in [-0.15, -0.1) is 0 Å². The Labute approximate surface area is 213 Å². The van der Waals surface area contributed by atoms with E-state index in [1.165, 1.54) is 13.5 Å². The molecule has 1 saturated carbocycles. The van der Waals surface area contributed by atoms with Gasteiger partial charge in [0, 0.05) is 23.4 Å². The summed E-state index contributed by atoms with van der Waals surface area (Å²) in [6.07, 6.45) is 7.53. The van der Waals surface area contributed by atoms with E-state index in [0.29, 0.717) is 17.5 Å². The van der Waals surface area contributed by atoms with Crippen LogP contribution in [0.25, 0.3) is 38.7 Å². The molecule has 0 amide bonds. The molecule has 4 heterocycles. The van der Waals surface area contributed by atoms with Crippen LogP contribution in [0, 0.1) is 0 Å². The van der Waals surface area contributed by atoms with Gasteiger partial charge in [-0.1, -0.05) is 37.5 Å². The topological polar surface area (TPSA) is 79.8 Å². The second-order valence-corrected chi connectivity index (χ2v) is 10.4. The molecular formula is C29H30N4O4. The number of nitrogens with zero attached hydrogens (tertiary/aromatic N) is 4. The van der Waals surface area contributed by atoms with Gasteiger partial charge < -0.3 is 14.0 Å². The van der Waals surface area contributed by atoms with Crippen molar-refractivity contribution in [3.8, 4) is 0 Å². The molecule has 8 heteroatoms. The maximum atomic E-state index is 14.0. The van der Waals surface area contributed by atoms with Crippen LogP contribution in [0.2, 0.25) is 0 Å². The lowest BCUT2D eigenvalue weighted by atomic mass is 9.95. The van der Waals surface area contributed by atoms with Gasteiger partial charge in [0.1, 0.15) is 5.52 Å². The average Bonchev–Trinajstić information content (AvgIpc) is 3.66. The van der Waals surface area contributed by atoms with Crippen molar-refractivity contribution >= 4 is 44.7 Å². The van der Waals surface area contributed by atoms with Gasteiger partial charge in [-0.05, 0) is 49.9 Å². The fourth-order valence-corrected chi connectivity index (χ4v) is 6.44. The van der Waals surface area contributed by atoms with E-state index in [-0.39, 0.29) is 23.7 Å². The monoisotopic (exact) mass is 498 g/mol. The number of benzene rings is 2. The molecule has 1 atom stereocenters. The first kappa shape index (κ1) is 22.5. The van der Waals surface area contributed by atoms with Crippen molar-refractivity contribution < 1.29 is 14.3 Å². The summed E-state index contributed by atoms with van der Waals surface area (Å²) in [6.45, 7) is 1.44. The molecule has 7 rings (SSSR count). The molecule has 3 aromatic heterocycles. The van der Waals surface area contributed by atoms with Crippen molar-refractivity contribution in [1.82, 2.24) is 18.5 Å². The van der Waals surface area contributed by atoms with Crippen LogP contribution in [0.1, 0.15) is 61.3 Å². The molecule has 1 unspecified atom stereocenters. The Balaban J connectivity index is 1.63. The van der Waals surface area contributed by atoms with Crippen LogP contribution in [-0.2, 0) is 16.0 Å². The number of aromatic nitrogens is 4. The molecule has 2 aromatic carbocycles. The predicted molar refractivity (Wildman–Crippen MR) is 142 cm³/mol. The summed E-state index contributed by atoms with van der Waals surface area (Å²) in [7, 11) is 1.39. The molecule has 8 nitrogen and oxygen atoms in total. The predicted octanol–water partition coefficient (Wildman–Crippen LogP) is 5.23.